The van der Waals surface area contributed by atoms with Gasteiger partial charge in [0, 0.05) is 20.5 Å². The maximum atomic E-state index is 9.33. The maximum Gasteiger partial charge on any atom is 0.142 e. The van der Waals surface area contributed by atoms with Gasteiger partial charge >= 0.3 is 0 Å². The highest BCUT2D eigenvalue weighted by atomic mass is 79.9. The normalized spacial score (nSPS) is 10.3. The number of aromatic nitrogens is 1. The van der Waals surface area contributed by atoms with Crippen LogP contribution in [0.2, 0.25) is 0 Å². The summed E-state index contributed by atoms with van der Waals surface area (Å²) < 4.78 is 0.974. The largest absolute Gasteiger partial charge is 0.383 e. The van der Waals surface area contributed by atoms with Crippen molar-refractivity contribution in [1.29, 1.82) is 5.26 Å². The van der Waals surface area contributed by atoms with Gasteiger partial charge in [-0.1, -0.05) is 34.1 Å². The van der Waals surface area contributed by atoms with Crippen LogP contribution in [-0.4, -0.2) is 4.98 Å². The average molecular weight is 356 g/mol. The Labute approximate surface area is 134 Å². The Balaban J connectivity index is 2.23. The first kappa shape index (κ1) is 13.8. The van der Waals surface area contributed by atoms with Crippen LogP contribution in [0.15, 0.2) is 52.3 Å². The molecule has 102 valence electrons. The van der Waals surface area contributed by atoms with Gasteiger partial charge in [0.25, 0.3) is 0 Å². The van der Waals surface area contributed by atoms with Gasteiger partial charge in [-0.25, -0.2) is 4.98 Å². The van der Waals surface area contributed by atoms with Crippen molar-refractivity contribution in [3.05, 3.63) is 57.9 Å². The fraction of sp³-hybridized carbons (Fsp3) is 0. The Kier molecular flexibility index (Phi) is 3.74. The quantitative estimate of drug-likeness (QED) is 0.724. The van der Waals surface area contributed by atoms with Gasteiger partial charge < -0.3 is 5.73 Å². The van der Waals surface area contributed by atoms with Crippen molar-refractivity contribution in [2.75, 3.05) is 5.73 Å². The van der Waals surface area contributed by atoms with E-state index < -0.39 is 0 Å². The van der Waals surface area contributed by atoms with Crippen LogP contribution in [0, 0.1) is 11.3 Å². The molecule has 2 N–H and O–H groups in total. The van der Waals surface area contributed by atoms with Crippen LogP contribution < -0.4 is 5.73 Å². The number of thiophene rings is 1. The van der Waals surface area contributed by atoms with E-state index in [0.717, 1.165) is 26.2 Å². The van der Waals surface area contributed by atoms with Crippen molar-refractivity contribution in [2.45, 2.75) is 0 Å². The third kappa shape index (κ3) is 2.68. The molecule has 3 nitrogen and oxygen atoms in total. The average Bonchev–Trinajstić information content (AvgIpc) is 3.00. The van der Waals surface area contributed by atoms with E-state index in [1.807, 2.05) is 47.8 Å². The minimum atomic E-state index is 0.262. The van der Waals surface area contributed by atoms with E-state index in [1.54, 1.807) is 11.3 Å². The molecule has 0 saturated carbocycles. The number of nitrogens with two attached hydrogens (primary N) is 1. The fourth-order valence-corrected chi connectivity index (χ4v) is 3.25. The topological polar surface area (TPSA) is 62.7 Å². The lowest BCUT2D eigenvalue weighted by Crippen LogP contribution is -1.99. The lowest BCUT2D eigenvalue weighted by atomic mass is 10.0. The summed E-state index contributed by atoms with van der Waals surface area (Å²) in [7, 11) is 0. The van der Waals surface area contributed by atoms with Crippen molar-refractivity contribution < 1.29 is 0 Å². The summed E-state index contributed by atoms with van der Waals surface area (Å²) in [5, 5.41) is 11.3. The van der Waals surface area contributed by atoms with Crippen LogP contribution in [0.5, 0.6) is 0 Å². The molecule has 0 unspecified atom stereocenters. The number of pyridine rings is 1. The Morgan fingerprint density at radius 1 is 1.19 bits per heavy atom. The minimum Gasteiger partial charge on any atom is -0.383 e. The first-order valence-corrected chi connectivity index (χ1v) is 7.87. The molecule has 2 aromatic heterocycles. The summed E-state index contributed by atoms with van der Waals surface area (Å²) in [6, 6.07) is 15.9. The number of anilines is 1. The molecule has 0 saturated heterocycles. The third-order valence-electron chi connectivity index (χ3n) is 3.07. The SMILES string of the molecule is N#Cc1c(-c2cccs2)cc(-c2cccc(Br)c2)nc1N. The number of nitrogens with zero attached hydrogens (tertiary/aromatic N) is 2. The van der Waals surface area contributed by atoms with E-state index in [2.05, 4.69) is 27.0 Å². The highest BCUT2D eigenvalue weighted by Gasteiger charge is 2.14. The molecule has 0 bridgehead atoms. The molecule has 21 heavy (non-hydrogen) atoms. The Morgan fingerprint density at radius 2 is 2.05 bits per heavy atom. The minimum absolute atomic E-state index is 0.262. The van der Waals surface area contributed by atoms with Gasteiger partial charge in [0.05, 0.1) is 5.69 Å². The van der Waals surface area contributed by atoms with Crippen molar-refractivity contribution in [1.82, 2.24) is 4.98 Å². The summed E-state index contributed by atoms with van der Waals surface area (Å²) in [6.45, 7) is 0. The molecule has 1 aromatic carbocycles. The van der Waals surface area contributed by atoms with Crippen LogP contribution in [0.3, 0.4) is 0 Å². The molecule has 0 radical (unpaired) electrons. The van der Waals surface area contributed by atoms with Crippen molar-refractivity contribution >= 4 is 33.1 Å². The Bertz CT molecular complexity index is 835. The maximum absolute atomic E-state index is 9.33. The molecule has 0 aliphatic heterocycles. The van der Waals surface area contributed by atoms with Crippen LogP contribution in [0.1, 0.15) is 5.56 Å². The number of nitriles is 1. The van der Waals surface area contributed by atoms with Gasteiger partial charge in [0.15, 0.2) is 0 Å². The van der Waals surface area contributed by atoms with E-state index >= 15 is 0 Å². The van der Waals surface area contributed by atoms with Crippen LogP contribution in [0.25, 0.3) is 21.7 Å². The number of hydrogen-bond acceptors (Lipinski definition) is 4. The molecule has 0 amide bonds. The second kappa shape index (κ2) is 5.68. The fourth-order valence-electron chi connectivity index (χ4n) is 2.10. The molecule has 3 rings (SSSR count). The highest BCUT2D eigenvalue weighted by Crippen LogP contribution is 2.34. The molecule has 0 spiro atoms. The molecule has 2 heterocycles. The molecule has 0 atom stereocenters. The highest BCUT2D eigenvalue weighted by molar-refractivity contribution is 9.10. The van der Waals surface area contributed by atoms with E-state index in [4.69, 9.17) is 5.73 Å². The van der Waals surface area contributed by atoms with Crippen molar-refractivity contribution in [3.8, 4) is 27.8 Å². The van der Waals surface area contributed by atoms with E-state index in [9.17, 15) is 5.26 Å². The lowest BCUT2D eigenvalue weighted by molar-refractivity contribution is 1.31. The summed E-state index contributed by atoms with van der Waals surface area (Å²) in [5.74, 6) is 0.262. The Hall–Kier alpha value is -2.16. The molecule has 3 aromatic rings. The van der Waals surface area contributed by atoms with Gasteiger partial charge in [-0.3, -0.25) is 0 Å². The zero-order valence-electron chi connectivity index (χ0n) is 10.9. The summed E-state index contributed by atoms with van der Waals surface area (Å²) >= 11 is 5.03. The number of benzene rings is 1. The van der Waals surface area contributed by atoms with Crippen LogP contribution in [-0.2, 0) is 0 Å². The van der Waals surface area contributed by atoms with Gasteiger partial charge in [-0.2, -0.15) is 5.26 Å². The summed E-state index contributed by atoms with van der Waals surface area (Å²) in [4.78, 5) is 5.38. The van der Waals surface area contributed by atoms with Gasteiger partial charge in [-0.15, -0.1) is 11.3 Å². The first-order chi connectivity index (χ1) is 10.2. The number of halogens is 1. The molecule has 5 heteroatoms. The number of hydrogen-bond donors (Lipinski definition) is 1. The van der Waals surface area contributed by atoms with Crippen LogP contribution >= 0.6 is 27.3 Å². The van der Waals surface area contributed by atoms with Gasteiger partial charge in [0.2, 0.25) is 0 Å². The molecule has 0 fully saturated rings. The standard InChI is InChI=1S/C16H10BrN3S/c17-11-4-1-3-10(7-11)14-8-12(15-5-2-6-21-15)13(9-18)16(19)20-14/h1-8H,(H2,19,20). The lowest BCUT2D eigenvalue weighted by Gasteiger charge is -2.09. The van der Waals surface area contributed by atoms with Crippen molar-refractivity contribution in [3.63, 3.8) is 0 Å². The first-order valence-electron chi connectivity index (χ1n) is 6.19. The summed E-state index contributed by atoms with van der Waals surface area (Å²) in [5.41, 5.74) is 8.95. The smallest absolute Gasteiger partial charge is 0.142 e. The van der Waals surface area contributed by atoms with E-state index in [0.29, 0.717) is 5.56 Å². The monoisotopic (exact) mass is 355 g/mol. The molecular weight excluding hydrogens is 346 g/mol. The zero-order valence-corrected chi connectivity index (χ0v) is 13.3. The summed E-state index contributed by atoms with van der Waals surface area (Å²) in [6.07, 6.45) is 0. The van der Waals surface area contributed by atoms with E-state index in [1.165, 1.54) is 0 Å². The molecule has 0 aliphatic rings. The van der Waals surface area contributed by atoms with Crippen LogP contribution in [0.4, 0.5) is 5.82 Å². The Morgan fingerprint density at radius 3 is 2.71 bits per heavy atom. The molecular formula is C16H10BrN3S. The second-order valence-electron chi connectivity index (χ2n) is 4.41. The number of rotatable bonds is 2. The zero-order chi connectivity index (χ0) is 14.8. The third-order valence-corrected chi connectivity index (χ3v) is 4.46. The molecule has 0 aliphatic carbocycles. The van der Waals surface area contributed by atoms with Gasteiger partial charge in [-0.05, 0) is 29.6 Å². The predicted molar refractivity (Wildman–Crippen MR) is 89.8 cm³/mol. The predicted octanol–water partition coefficient (Wildman–Crippen LogP) is 4.69. The van der Waals surface area contributed by atoms with Gasteiger partial charge in [0.1, 0.15) is 17.5 Å². The van der Waals surface area contributed by atoms with E-state index in [-0.39, 0.29) is 5.82 Å². The second-order valence-corrected chi connectivity index (χ2v) is 6.28. The number of nitrogen functional groups attached to an aromatic ring is 1. The van der Waals surface area contributed by atoms with Crippen molar-refractivity contribution in [2.24, 2.45) is 0 Å².